The summed E-state index contributed by atoms with van der Waals surface area (Å²) in [6.45, 7) is -0.0142. The molecule has 2 aliphatic rings. The maximum absolute atomic E-state index is 12.4. The number of benzene rings is 1. The van der Waals surface area contributed by atoms with Crippen molar-refractivity contribution in [3.8, 4) is 17.6 Å². The molecule has 0 aromatic heterocycles. The van der Waals surface area contributed by atoms with Gasteiger partial charge in [0.25, 0.3) is 0 Å². The zero-order valence-corrected chi connectivity index (χ0v) is 15.6. The van der Waals surface area contributed by atoms with Crippen molar-refractivity contribution in [2.45, 2.75) is 32.1 Å². The number of hydrogen-bond donors (Lipinski definition) is 0. The second-order valence-corrected chi connectivity index (χ2v) is 7.06. The first-order valence-electron chi connectivity index (χ1n) is 8.79. The predicted molar refractivity (Wildman–Crippen MR) is 95.1 cm³/mol. The van der Waals surface area contributed by atoms with Crippen molar-refractivity contribution in [3.05, 3.63) is 22.7 Å². The number of fused-ring (bicyclic) bond motifs is 1. The van der Waals surface area contributed by atoms with Crippen LogP contribution in [-0.2, 0) is 14.4 Å². The van der Waals surface area contributed by atoms with E-state index in [1.807, 2.05) is 6.07 Å². The summed E-state index contributed by atoms with van der Waals surface area (Å²) < 4.78 is 10.4. The molecule has 2 atom stereocenters. The smallest absolute Gasteiger partial charge is 0.313 e. The normalized spacial score (nSPS) is 21.6. The molecule has 7 nitrogen and oxygen atoms in total. The number of ether oxygens (including phenoxy) is 2. The highest BCUT2D eigenvalue weighted by Gasteiger charge is 2.47. The van der Waals surface area contributed by atoms with Gasteiger partial charge in [0.1, 0.15) is 0 Å². The Morgan fingerprint density at radius 1 is 1.26 bits per heavy atom. The zero-order valence-electron chi connectivity index (χ0n) is 14.9. The summed E-state index contributed by atoms with van der Waals surface area (Å²) in [7, 11) is 1.37. The Kier molecular flexibility index (Phi) is 5.66. The summed E-state index contributed by atoms with van der Waals surface area (Å²) in [6.07, 6.45) is 3.22. The Morgan fingerprint density at radius 2 is 1.89 bits per heavy atom. The summed E-state index contributed by atoms with van der Waals surface area (Å²) in [6, 6.07) is 4.71. The lowest BCUT2D eigenvalue weighted by atomic mass is 9.81. The summed E-state index contributed by atoms with van der Waals surface area (Å²) >= 11 is 6.07. The number of halogens is 1. The summed E-state index contributed by atoms with van der Waals surface area (Å²) in [5.74, 6) is -1.33. The van der Waals surface area contributed by atoms with Crippen LogP contribution < -0.4 is 9.47 Å². The Morgan fingerprint density at radius 3 is 2.44 bits per heavy atom. The molecule has 2 fully saturated rings. The van der Waals surface area contributed by atoms with Crippen LogP contribution in [0.2, 0.25) is 5.02 Å². The molecule has 0 N–H and O–H groups in total. The van der Waals surface area contributed by atoms with Crippen LogP contribution in [-0.4, -0.2) is 36.3 Å². The summed E-state index contributed by atoms with van der Waals surface area (Å²) in [4.78, 5) is 38.3. The van der Waals surface area contributed by atoms with Crippen LogP contribution in [0.25, 0.3) is 0 Å². The van der Waals surface area contributed by atoms with Crippen molar-refractivity contribution in [2.24, 2.45) is 11.8 Å². The number of imide groups is 1. The van der Waals surface area contributed by atoms with Crippen molar-refractivity contribution in [1.82, 2.24) is 4.90 Å². The van der Waals surface area contributed by atoms with Gasteiger partial charge in [0.05, 0.1) is 42.0 Å². The first kappa shape index (κ1) is 19.2. The van der Waals surface area contributed by atoms with Gasteiger partial charge in [-0.1, -0.05) is 24.4 Å². The van der Waals surface area contributed by atoms with Crippen LogP contribution in [0.4, 0.5) is 0 Å². The van der Waals surface area contributed by atoms with Gasteiger partial charge >= 0.3 is 5.97 Å². The molecule has 0 radical (unpaired) electrons. The van der Waals surface area contributed by atoms with Crippen LogP contribution in [0, 0.1) is 23.2 Å². The van der Waals surface area contributed by atoms with Gasteiger partial charge in [-0.15, -0.1) is 0 Å². The second kappa shape index (κ2) is 7.97. The first-order valence-corrected chi connectivity index (χ1v) is 9.17. The molecule has 1 aromatic rings. The molecule has 0 unspecified atom stereocenters. The maximum Gasteiger partial charge on any atom is 0.313 e. The molecule has 8 heteroatoms. The molecule has 1 saturated carbocycles. The number of nitrogens with zero attached hydrogens (tertiary/aromatic N) is 2. The van der Waals surface area contributed by atoms with Crippen molar-refractivity contribution in [1.29, 1.82) is 5.26 Å². The molecular formula is C19H19ClN2O5. The van der Waals surface area contributed by atoms with Crippen molar-refractivity contribution < 1.29 is 23.9 Å². The first-order chi connectivity index (χ1) is 13.0. The van der Waals surface area contributed by atoms with Crippen LogP contribution in [0.3, 0.4) is 0 Å². The van der Waals surface area contributed by atoms with Crippen LogP contribution in [0.15, 0.2) is 12.1 Å². The molecule has 142 valence electrons. The minimum atomic E-state index is -0.643. The van der Waals surface area contributed by atoms with E-state index >= 15 is 0 Å². The van der Waals surface area contributed by atoms with E-state index in [4.69, 9.17) is 26.3 Å². The highest BCUT2D eigenvalue weighted by atomic mass is 35.5. The third-order valence-corrected chi connectivity index (χ3v) is 5.33. The summed E-state index contributed by atoms with van der Waals surface area (Å²) in [5, 5.41) is 9.02. The fraction of sp³-hybridized carbons (Fsp3) is 0.474. The van der Waals surface area contributed by atoms with Crippen molar-refractivity contribution >= 4 is 29.4 Å². The molecule has 0 bridgehead atoms. The van der Waals surface area contributed by atoms with E-state index in [0.717, 1.165) is 25.7 Å². The number of methoxy groups -OCH3 is 1. The van der Waals surface area contributed by atoms with E-state index in [1.165, 1.54) is 24.1 Å². The molecule has 1 aliphatic carbocycles. The molecule has 2 amide bonds. The van der Waals surface area contributed by atoms with Gasteiger partial charge in [-0.25, -0.2) is 0 Å². The monoisotopic (exact) mass is 390 g/mol. The molecule has 0 spiro atoms. The topological polar surface area (TPSA) is 96.7 Å². The van der Waals surface area contributed by atoms with Gasteiger partial charge in [0.15, 0.2) is 11.5 Å². The van der Waals surface area contributed by atoms with E-state index in [2.05, 4.69) is 0 Å². The Bertz CT molecular complexity index is 808. The Labute approximate surface area is 161 Å². The molecule has 1 aliphatic heterocycles. The number of carbonyl (C=O) groups is 3. The highest BCUT2D eigenvalue weighted by Crippen LogP contribution is 2.38. The van der Waals surface area contributed by atoms with Crippen LogP contribution in [0.5, 0.6) is 11.5 Å². The Balaban J connectivity index is 1.65. The average molecular weight is 391 g/mol. The quantitative estimate of drug-likeness (QED) is 0.435. The van der Waals surface area contributed by atoms with E-state index in [1.54, 1.807) is 0 Å². The third-order valence-electron chi connectivity index (χ3n) is 5.05. The third kappa shape index (κ3) is 3.76. The van der Waals surface area contributed by atoms with E-state index in [9.17, 15) is 14.4 Å². The predicted octanol–water partition coefficient (Wildman–Crippen LogP) is 2.69. The Hall–Kier alpha value is -2.59. The van der Waals surface area contributed by atoms with Gasteiger partial charge < -0.3 is 9.47 Å². The molecule has 1 heterocycles. The minimum Gasteiger partial charge on any atom is -0.493 e. The SMILES string of the molecule is COc1cc(C#N)cc(Cl)c1OC(=O)CCN1C(=O)[C@@H]2CCCC[C@H]2C1=O. The minimum absolute atomic E-state index is 0.0101. The number of hydrogen-bond acceptors (Lipinski definition) is 6. The number of rotatable bonds is 5. The van der Waals surface area contributed by atoms with Crippen molar-refractivity contribution in [2.75, 3.05) is 13.7 Å². The molecular weight excluding hydrogens is 372 g/mol. The standard InChI is InChI=1S/C19H19ClN2O5/c1-26-15-9-11(10-21)8-14(20)17(15)27-16(23)6-7-22-18(24)12-4-2-3-5-13(12)19(22)25/h8-9,12-13H,2-7H2,1H3/t12-,13-/m1/s1. The second-order valence-electron chi connectivity index (χ2n) is 6.65. The zero-order chi connectivity index (χ0) is 19.6. The van der Waals surface area contributed by atoms with Gasteiger partial charge in [0.2, 0.25) is 11.8 Å². The lowest BCUT2D eigenvalue weighted by Gasteiger charge is -2.19. The van der Waals surface area contributed by atoms with Gasteiger partial charge in [-0.3, -0.25) is 19.3 Å². The van der Waals surface area contributed by atoms with E-state index < -0.39 is 5.97 Å². The largest absolute Gasteiger partial charge is 0.493 e. The van der Waals surface area contributed by atoms with E-state index in [0.29, 0.717) is 0 Å². The fourth-order valence-corrected chi connectivity index (χ4v) is 3.95. The lowest BCUT2D eigenvalue weighted by Crippen LogP contribution is -2.33. The van der Waals surface area contributed by atoms with E-state index in [-0.39, 0.29) is 58.7 Å². The number of carbonyl (C=O) groups excluding carboxylic acids is 3. The average Bonchev–Trinajstić information content (AvgIpc) is 2.92. The van der Waals surface area contributed by atoms with Gasteiger partial charge in [-0.2, -0.15) is 5.26 Å². The molecule has 3 rings (SSSR count). The van der Waals surface area contributed by atoms with Gasteiger partial charge in [0, 0.05) is 12.6 Å². The fourth-order valence-electron chi connectivity index (χ4n) is 3.70. The van der Waals surface area contributed by atoms with Crippen LogP contribution in [0.1, 0.15) is 37.7 Å². The molecule has 1 aromatic carbocycles. The molecule has 1 saturated heterocycles. The number of nitriles is 1. The highest BCUT2D eigenvalue weighted by molar-refractivity contribution is 6.32. The molecule has 27 heavy (non-hydrogen) atoms. The number of esters is 1. The van der Waals surface area contributed by atoms with Gasteiger partial charge in [-0.05, 0) is 18.9 Å². The number of amides is 2. The number of likely N-dealkylation sites (tertiary alicyclic amines) is 1. The maximum atomic E-state index is 12.4. The van der Waals surface area contributed by atoms with Crippen LogP contribution >= 0.6 is 11.6 Å². The summed E-state index contributed by atoms with van der Waals surface area (Å²) in [5.41, 5.74) is 0.271. The van der Waals surface area contributed by atoms with Crippen molar-refractivity contribution in [3.63, 3.8) is 0 Å². The lowest BCUT2D eigenvalue weighted by molar-refractivity contribution is -0.141.